The van der Waals surface area contributed by atoms with Crippen LogP contribution in [0.4, 0.5) is 0 Å². The monoisotopic (exact) mass is 276 g/mol. The van der Waals surface area contributed by atoms with E-state index in [-0.39, 0.29) is 11.8 Å². The highest BCUT2D eigenvalue weighted by atomic mass is 16.5. The number of aryl methyl sites for hydroxylation is 1. The molecule has 6 heteroatoms. The normalized spacial score (nSPS) is 12.3. The van der Waals surface area contributed by atoms with Gasteiger partial charge < -0.3 is 15.2 Å². The van der Waals surface area contributed by atoms with Crippen molar-refractivity contribution in [3.63, 3.8) is 0 Å². The quantitative estimate of drug-likeness (QED) is 0.842. The standard InChI is InChI=1S/C14H20N4O2/c1-4-18-11(9-16-17-18)8-15-10(2)13-7-12(20-3)5-6-14(13)19/h5-7,9-10,15,19H,4,8H2,1-3H3. The summed E-state index contributed by atoms with van der Waals surface area (Å²) in [6, 6.07) is 5.21. The van der Waals surface area contributed by atoms with Crippen LogP contribution >= 0.6 is 0 Å². The Morgan fingerprint density at radius 1 is 1.45 bits per heavy atom. The van der Waals surface area contributed by atoms with Gasteiger partial charge in [-0.2, -0.15) is 0 Å². The Morgan fingerprint density at radius 2 is 2.25 bits per heavy atom. The maximum atomic E-state index is 9.93. The predicted octanol–water partition coefficient (Wildman–Crippen LogP) is 1.86. The second-order valence-electron chi connectivity index (χ2n) is 4.57. The van der Waals surface area contributed by atoms with E-state index in [4.69, 9.17) is 4.74 Å². The van der Waals surface area contributed by atoms with Gasteiger partial charge >= 0.3 is 0 Å². The molecule has 1 heterocycles. The molecule has 0 aliphatic carbocycles. The summed E-state index contributed by atoms with van der Waals surface area (Å²) >= 11 is 0. The number of aromatic nitrogens is 3. The van der Waals surface area contributed by atoms with Crippen molar-refractivity contribution in [1.29, 1.82) is 0 Å². The van der Waals surface area contributed by atoms with E-state index in [0.717, 1.165) is 23.6 Å². The number of nitrogens with one attached hydrogen (secondary N) is 1. The molecule has 6 nitrogen and oxygen atoms in total. The van der Waals surface area contributed by atoms with E-state index in [1.165, 1.54) is 0 Å². The van der Waals surface area contributed by atoms with Crippen molar-refractivity contribution in [3.05, 3.63) is 35.7 Å². The van der Waals surface area contributed by atoms with Gasteiger partial charge in [0.25, 0.3) is 0 Å². The predicted molar refractivity (Wildman–Crippen MR) is 75.6 cm³/mol. The average Bonchev–Trinajstić information content (AvgIpc) is 2.92. The SMILES string of the molecule is CCn1nncc1CNC(C)c1cc(OC)ccc1O. The molecule has 0 aliphatic rings. The van der Waals surface area contributed by atoms with E-state index in [0.29, 0.717) is 6.54 Å². The van der Waals surface area contributed by atoms with Gasteiger partial charge in [0.15, 0.2) is 0 Å². The minimum atomic E-state index is -0.00898. The van der Waals surface area contributed by atoms with Crippen LogP contribution in [0.1, 0.15) is 31.1 Å². The molecule has 0 fully saturated rings. The maximum absolute atomic E-state index is 9.93. The van der Waals surface area contributed by atoms with Crippen LogP contribution < -0.4 is 10.1 Å². The molecule has 1 unspecified atom stereocenters. The molecular weight excluding hydrogens is 256 g/mol. The minimum absolute atomic E-state index is 0.00898. The Bertz CT molecular complexity index is 568. The Kier molecular flexibility index (Phi) is 4.57. The fourth-order valence-corrected chi connectivity index (χ4v) is 2.06. The number of phenols is 1. The molecule has 0 saturated heterocycles. The first-order valence-electron chi connectivity index (χ1n) is 6.63. The van der Waals surface area contributed by atoms with Crippen LogP contribution in [0.5, 0.6) is 11.5 Å². The van der Waals surface area contributed by atoms with Gasteiger partial charge in [-0.1, -0.05) is 5.21 Å². The Balaban J connectivity index is 2.06. The highest BCUT2D eigenvalue weighted by molar-refractivity contribution is 5.41. The van der Waals surface area contributed by atoms with Gasteiger partial charge in [-0.05, 0) is 32.0 Å². The highest BCUT2D eigenvalue weighted by Crippen LogP contribution is 2.28. The maximum Gasteiger partial charge on any atom is 0.120 e. The molecule has 2 rings (SSSR count). The van der Waals surface area contributed by atoms with Gasteiger partial charge in [0.05, 0.1) is 19.0 Å². The van der Waals surface area contributed by atoms with E-state index in [1.54, 1.807) is 25.4 Å². The van der Waals surface area contributed by atoms with Crippen molar-refractivity contribution in [2.75, 3.05) is 7.11 Å². The summed E-state index contributed by atoms with van der Waals surface area (Å²) < 4.78 is 7.02. The lowest BCUT2D eigenvalue weighted by Crippen LogP contribution is -2.20. The lowest BCUT2D eigenvalue weighted by atomic mass is 10.1. The first kappa shape index (κ1) is 14.3. The summed E-state index contributed by atoms with van der Waals surface area (Å²) in [5.41, 5.74) is 1.82. The Labute approximate surface area is 118 Å². The van der Waals surface area contributed by atoms with Crippen molar-refractivity contribution in [1.82, 2.24) is 20.3 Å². The third-order valence-corrected chi connectivity index (χ3v) is 3.29. The molecule has 0 saturated carbocycles. The van der Waals surface area contributed by atoms with E-state index in [1.807, 2.05) is 24.6 Å². The average molecular weight is 276 g/mol. The molecular formula is C14H20N4O2. The van der Waals surface area contributed by atoms with Crippen LogP contribution in [-0.4, -0.2) is 27.2 Å². The molecule has 2 aromatic rings. The zero-order valence-corrected chi connectivity index (χ0v) is 12.0. The molecule has 0 amide bonds. The fourth-order valence-electron chi connectivity index (χ4n) is 2.06. The third kappa shape index (κ3) is 3.08. The largest absolute Gasteiger partial charge is 0.508 e. The first-order valence-corrected chi connectivity index (χ1v) is 6.63. The minimum Gasteiger partial charge on any atom is -0.508 e. The summed E-state index contributed by atoms with van der Waals surface area (Å²) in [5, 5.41) is 21.2. The summed E-state index contributed by atoms with van der Waals surface area (Å²) in [7, 11) is 1.61. The van der Waals surface area contributed by atoms with Gasteiger partial charge in [0, 0.05) is 24.7 Å². The van der Waals surface area contributed by atoms with Crippen LogP contribution in [0.2, 0.25) is 0 Å². The van der Waals surface area contributed by atoms with Crippen molar-refractivity contribution < 1.29 is 9.84 Å². The molecule has 2 N–H and O–H groups in total. The number of benzene rings is 1. The van der Waals surface area contributed by atoms with Gasteiger partial charge in [0.1, 0.15) is 11.5 Å². The van der Waals surface area contributed by atoms with Gasteiger partial charge in [0.2, 0.25) is 0 Å². The molecule has 108 valence electrons. The Hall–Kier alpha value is -2.08. The number of methoxy groups -OCH3 is 1. The van der Waals surface area contributed by atoms with Crippen LogP contribution in [-0.2, 0) is 13.1 Å². The smallest absolute Gasteiger partial charge is 0.120 e. The number of hydrogen-bond donors (Lipinski definition) is 2. The molecule has 1 aromatic heterocycles. The molecule has 0 aliphatic heterocycles. The molecule has 1 aromatic carbocycles. The van der Waals surface area contributed by atoms with Crippen molar-refractivity contribution >= 4 is 0 Å². The molecule has 1 atom stereocenters. The van der Waals surface area contributed by atoms with Crippen molar-refractivity contribution in [3.8, 4) is 11.5 Å². The Morgan fingerprint density at radius 3 is 2.95 bits per heavy atom. The van der Waals surface area contributed by atoms with E-state index in [2.05, 4.69) is 15.6 Å². The van der Waals surface area contributed by atoms with Gasteiger partial charge in [-0.25, -0.2) is 4.68 Å². The fraction of sp³-hybridized carbons (Fsp3) is 0.429. The summed E-state index contributed by atoms with van der Waals surface area (Å²) in [4.78, 5) is 0. The van der Waals surface area contributed by atoms with Crippen LogP contribution in [0.3, 0.4) is 0 Å². The summed E-state index contributed by atoms with van der Waals surface area (Å²) in [6.07, 6.45) is 1.74. The molecule has 20 heavy (non-hydrogen) atoms. The van der Waals surface area contributed by atoms with Gasteiger partial charge in [-0.3, -0.25) is 0 Å². The zero-order chi connectivity index (χ0) is 14.5. The molecule has 0 spiro atoms. The van der Waals surface area contributed by atoms with Crippen molar-refractivity contribution in [2.24, 2.45) is 0 Å². The number of nitrogens with zero attached hydrogens (tertiary/aromatic N) is 3. The van der Waals surface area contributed by atoms with Crippen molar-refractivity contribution in [2.45, 2.75) is 33.0 Å². The van der Waals surface area contributed by atoms with E-state index < -0.39 is 0 Å². The number of aromatic hydroxyl groups is 1. The highest BCUT2D eigenvalue weighted by Gasteiger charge is 2.12. The lowest BCUT2D eigenvalue weighted by molar-refractivity contribution is 0.407. The zero-order valence-electron chi connectivity index (χ0n) is 12.0. The lowest BCUT2D eigenvalue weighted by Gasteiger charge is -2.16. The molecule has 0 bridgehead atoms. The van der Waals surface area contributed by atoms with E-state index in [9.17, 15) is 5.11 Å². The second kappa shape index (κ2) is 6.38. The summed E-state index contributed by atoms with van der Waals surface area (Å²) in [6.45, 7) is 5.44. The summed E-state index contributed by atoms with van der Waals surface area (Å²) in [5.74, 6) is 0.986. The first-order chi connectivity index (χ1) is 9.65. The number of hydrogen-bond acceptors (Lipinski definition) is 5. The third-order valence-electron chi connectivity index (χ3n) is 3.29. The van der Waals surface area contributed by atoms with Gasteiger partial charge in [-0.15, -0.1) is 5.10 Å². The van der Waals surface area contributed by atoms with Crippen LogP contribution in [0.15, 0.2) is 24.4 Å². The number of phenolic OH excluding ortho intramolecular Hbond substituents is 1. The van der Waals surface area contributed by atoms with Crippen LogP contribution in [0, 0.1) is 0 Å². The van der Waals surface area contributed by atoms with E-state index >= 15 is 0 Å². The molecule has 0 radical (unpaired) electrons. The second-order valence-corrected chi connectivity index (χ2v) is 4.57. The number of rotatable bonds is 6. The topological polar surface area (TPSA) is 72.2 Å². The number of ether oxygens (including phenoxy) is 1. The van der Waals surface area contributed by atoms with Crippen LogP contribution in [0.25, 0.3) is 0 Å².